The summed E-state index contributed by atoms with van der Waals surface area (Å²) in [6, 6.07) is 22.1. The Labute approximate surface area is 173 Å². The van der Waals surface area contributed by atoms with Crippen LogP contribution in [0.3, 0.4) is 0 Å². The fraction of sp³-hybridized carbons (Fsp3) is 0. The lowest BCUT2D eigenvalue weighted by Crippen LogP contribution is -2.12. The van der Waals surface area contributed by atoms with Crippen LogP contribution in [0.25, 0.3) is 21.7 Å². The topological polar surface area (TPSA) is 75.1 Å². The Morgan fingerprint density at radius 1 is 0.893 bits per heavy atom. The number of amides is 1. The van der Waals surface area contributed by atoms with Gasteiger partial charge in [-0.2, -0.15) is 0 Å². The van der Waals surface area contributed by atoms with Crippen molar-refractivity contribution in [3.05, 3.63) is 82.8 Å². The zero-order chi connectivity index (χ0) is 19.5. The summed E-state index contributed by atoms with van der Waals surface area (Å²) < 4.78 is 0.722. The third-order valence-electron chi connectivity index (χ3n) is 4.08. The summed E-state index contributed by atoms with van der Waals surface area (Å²) in [7, 11) is 0. The van der Waals surface area contributed by atoms with Gasteiger partial charge in [-0.05, 0) is 51.3 Å². The van der Waals surface area contributed by atoms with Crippen LogP contribution >= 0.6 is 27.3 Å². The minimum atomic E-state index is -0.241. The Bertz CT molecular complexity index is 1140. The Morgan fingerprint density at radius 3 is 2.39 bits per heavy atom. The number of aromatic nitrogens is 2. The summed E-state index contributed by atoms with van der Waals surface area (Å²) in [5.74, 6) is -0.00876. The van der Waals surface area contributed by atoms with Crippen LogP contribution in [0.5, 0.6) is 5.75 Å². The highest BCUT2D eigenvalue weighted by molar-refractivity contribution is 9.10. The lowest BCUT2D eigenvalue weighted by Gasteiger charge is -2.03. The minimum absolute atomic E-state index is 0.233. The van der Waals surface area contributed by atoms with Crippen molar-refractivity contribution < 1.29 is 9.90 Å². The van der Waals surface area contributed by atoms with Crippen molar-refractivity contribution in [2.45, 2.75) is 0 Å². The number of phenolic OH excluding ortho intramolecular Hbond substituents is 1. The number of hydrogen-bond donors (Lipinski definition) is 2. The molecule has 0 spiro atoms. The van der Waals surface area contributed by atoms with Gasteiger partial charge in [0.05, 0.1) is 5.56 Å². The zero-order valence-electron chi connectivity index (χ0n) is 14.5. The molecule has 1 heterocycles. The molecule has 0 aliphatic heterocycles. The fourth-order valence-electron chi connectivity index (χ4n) is 2.69. The van der Waals surface area contributed by atoms with E-state index >= 15 is 0 Å². The number of rotatable bonds is 4. The van der Waals surface area contributed by atoms with Gasteiger partial charge in [-0.1, -0.05) is 59.9 Å². The number of nitrogens with zero attached hydrogens (tertiary/aromatic N) is 2. The van der Waals surface area contributed by atoms with E-state index in [2.05, 4.69) is 31.4 Å². The highest BCUT2D eigenvalue weighted by Gasteiger charge is 2.13. The number of benzene rings is 3. The van der Waals surface area contributed by atoms with Crippen molar-refractivity contribution in [1.82, 2.24) is 10.2 Å². The van der Waals surface area contributed by atoms with Crippen LogP contribution in [0.4, 0.5) is 5.13 Å². The Balaban J connectivity index is 1.51. The Kier molecular flexibility index (Phi) is 5.18. The summed E-state index contributed by atoms with van der Waals surface area (Å²) in [5, 5.41) is 21.8. The number of nitrogens with one attached hydrogen (secondary N) is 1. The monoisotopic (exact) mass is 451 g/mol. The summed E-state index contributed by atoms with van der Waals surface area (Å²) in [6.07, 6.45) is 0. The second kappa shape index (κ2) is 7.92. The number of halogens is 1. The second-order valence-electron chi connectivity index (χ2n) is 5.97. The van der Waals surface area contributed by atoms with E-state index in [0.717, 1.165) is 21.2 Å². The normalized spacial score (nSPS) is 10.6. The summed E-state index contributed by atoms with van der Waals surface area (Å²) in [5.41, 5.74) is 3.37. The first-order valence-corrected chi connectivity index (χ1v) is 10.0. The maximum atomic E-state index is 12.4. The van der Waals surface area contributed by atoms with Crippen LogP contribution in [-0.2, 0) is 0 Å². The van der Waals surface area contributed by atoms with Gasteiger partial charge >= 0.3 is 0 Å². The smallest absolute Gasteiger partial charge is 0.258 e. The molecule has 7 heteroatoms. The second-order valence-corrected chi connectivity index (χ2v) is 7.81. The molecular formula is C21H14BrN3O2S. The van der Waals surface area contributed by atoms with Gasteiger partial charge in [0.1, 0.15) is 10.8 Å². The molecule has 0 aliphatic rings. The van der Waals surface area contributed by atoms with E-state index in [-0.39, 0.29) is 11.7 Å². The van der Waals surface area contributed by atoms with Crippen LogP contribution in [0.1, 0.15) is 10.4 Å². The molecule has 1 aromatic heterocycles. The molecule has 0 fully saturated rings. The molecule has 3 aromatic carbocycles. The van der Waals surface area contributed by atoms with Crippen LogP contribution in [0.15, 0.2) is 77.3 Å². The van der Waals surface area contributed by atoms with Gasteiger partial charge in [0.25, 0.3) is 5.91 Å². The third kappa shape index (κ3) is 3.95. The molecule has 5 nitrogen and oxygen atoms in total. The maximum absolute atomic E-state index is 12.4. The molecule has 4 aromatic rings. The quantitative estimate of drug-likeness (QED) is 0.423. The number of anilines is 1. The molecule has 138 valence electrons. The van der Waals surface area contributed by atoms with E-state index in [1.807, 2.05) is 48.5 Å². The molecular weight excluding hydrogens is 438 g/mol. The number of carbonyl (C=O) groups excluding carboxylic acids is 1. The first-order valence-electron chi connectivity index (χ1n) is 8.39. The number of hydrogen-bond acceptors (Lipinski definition) is 5. The van der Waals surface area contributed by atoms with Crippen molar-refractivity contribution in [3.63, 3.8) is 0 Å². The lowest BCUT2D eigenvalue weighted by atomic mass is 10.0. The van der Waals surface area contributed by atoms with Crippen molar-refractivity contribution in [1.29, 1.82) is 0 Å². The molecule has 0 saturated heterocycles. The number of phenols is 1. The number of carbonyl (C=O) groups is 1. The van der Waals surface area contributed by atoms with Gasteiger partial charge in [0.2, 0.25) is 5.13 Å². The standard InChI is InChI=1S/C21H14BrN3O2S/c22-18-7-2-1-6-17(18)19(27)23-21-25-24-20(28-21)14-10-8-13(9-11-14)15-4-3-5-16(26)12-15/h1-12,26H,(H,23,25,27). The van der Waals surface area contributed by atoms with Gasteiger partial charge in [0.15, 0.2) is 0 Å². The van der Waals surface area contributed by atoms with Crippen molar-refractivity contribution in [2.75, 3.05) is 5.32 Å². The molecule has 28 heavy (non-hydrogen) atoms. The molecule has 0 radical (unpaired) electrons. The first-order chi connectivity index (χ1) is 13.6. The molecule has 0 aliphatic carbocycles. The molecule has 0 atom stereocenters. The highest BCUT2D eigenvalue weighted by atomic mass is 79.9. The molecule has 1 amide bonds. The van der Waals surface area contributed by atoms with E-state index in [1.165, 1.54) is 11.3 Å². The van der Waals surface area contributed by atoms with Crippen LogP contribution in [0.2, 0.25) is 0 Å². The lowest BCUT2D eigenvalue weighted by molar-refractivity contribution is 0.102. The zero-order valence-corrected chi connectivity index (χ0v) is 16.9. The Morgan fingerprint density at radius 2 is 1.64 bits per heavy atom. The summed E-state index contributed by atoms with van der Waals surface area (Å²) >= 11 is 4.68. The van der Waals surface area contributed by atoms with Gasteiger partial charge in [-0.3, -0.25) is 10.1 Å². The molecule has 0 unspecified atom stereocenters. The van der Waals surface area contributed by atoms with Crippen molar-refractivity contribution in [2.24, 2.45) is 0 Å². The molecule has 2 N–H and O–H groups in total. The summed E-state index contributed by atoms with van der Waals surface area (Å²) in [4.78, 5) is 12.4. The average Bonchev–Trinajstić information content (AvgIpc) is 3.17. The Hall–Kier alpha value is -3.03. The van der Waals surface area contributed by atoms with Crippen molar-refractivity contribution >= 4 is 38.3 Å². The third-order valence-corrected chi connectivity index (χ3v) is 5.65. The van der Waals surface area contributed by atoms with E-state index < -0.39 is 0 Å². The van der Waals surface area contributed by atoms with Crippen LogP contribution in [0, 0.1) is 0 Å². The fourth-order valence-corrected chi connectivity index (χ4v) is 3.90. The van der Waals surface area contributed by atoms with E-state index in [4.69, 9.17) is 0 Å². The molecule has 4 rings (SSSR count). The van der Waals surface area contributed by atoms with Crippen LogP contribution in [-0.4, -0.2) is 21.2 Å². The van der Waals surface area contributed by atoms with Gasteiger partial charge in [-0.25, -0.2) is 0 Å². The maximum Gasteiger partial charge on any atom is 0.258 e. The van der Waals surface area contributed by atoms with Gasteiger partial charge < -0.3 is 5.11 Å². The highest BCUT2D eigenvalue weighted by Crippen LogP contribution is 2.30. The van der Waals surface area contributed by atoms with E-state index in [1.54, 1.807) is 24.3 Å². The van der Waals surface area contributed by atoms with E-state index in [9.17, 15) is 9.90 Å². The SMILES string of the molecule is O=C(Nc1nnc(-c2ccc(-c3cccc(O)c3)cc2)s1)c1ccccc1Br. The number of aromatic hydroxyl groups is 1. The van der Waals surface area contributed by atoms with Gasteiger partial charge in [0, 0.05) is 10.0 Å². The minimum Gasteiger partial charge on any atom is -0.508 e. The predicted molar refractivity (Wildman–Crippen MR) is 115 cm³/mol. The first kappa shape index (κ1) is 18.3. The largest absolute Gasteiger partial charge is 0.508 e. The van der Waals surface area contributed by atoms with Crippen molar-refractivity contribution in [3.8, 4) is 27.4 Å². The average molecular weight is 452 g/mol. The summed E-state index contributed by atoms with van der Waals surface area (Å²) in [6.45, 7) is 0. The van der Waals surface area contributed by atoms with Gasteiger partial charge in [-0.15, -0.1) is 10.2 Å². The predicted octanol–water partition coefficient (Wildman–Crippen LogP) is 5.59. The van der Waals surface area contributed by atoms with Crippen LogP contribution < -0.4 is 5.32 Å². The van der Waals surface area contributed by atoms with E-state index in [0.29, 0.717) is 15.7 Å². The molecule has 0 bridgehead atoms. The molecule has 0 saturated carbocycles.